The van der Waals surface area contributed by atoms with E-state index in [-0.39, 0.29) is 22.0 Å². The zero-order valence-corrected chi connectivity index (χ0v) is 17.6. The molecule has 0 aromatic heterocycles. The molecule has 140 valence electrons. The highest BCUT2D eigenvalue weighted by Gasteiger charge is 2.08. The number of carbonyl (C=O) groups excluding carboxylic acids is 2. The standard InChI is InChI=1S/C18H17BrN4O2S2/c1-2-15(24)22-17(26)20-13-7-9-14(10-8-13)21-18(27)23-16(25)11-3-5-12(19)6-4-11/h3-10H,2H2,1H3,(H2,20,22,24,26)(H2,21,23,25,27). The smallest absolute Gasteiger partial charge is 0.257 e. The number of halogens is 1. The van der Waals surface area contributed by atoms with Gasteiger partial charge >= 0.3 is 0 Å². The summed E-state index contributed by atoms with van der Waals surface area (Å²) in [5.41, 5.74) is 1.92. The molecule has 2 aromatic rings. The average molecular weight is 465 g/mol. The average Bonchev–Trinajstić information content (AvgIpc) is 2.63. The molecule has 0 bridgehead atoms. The van der Waals surface area contributed by atoms with E-state index in [0.29, 0.717) is 23.4 Å². The maximum atomic E-state index is 12.1. The minimum absolute atomic E-state index is 0.155. The number of anilines is 2. The van der Waals surface area contributed by atoms with Gasteiger partial charge in [0.15, 0.2) is 10.2 Å². The summed E-state index contributed by atoms with van der Waals surface area (Å²) in [6.07, 6.45) is 0.355. The Hall–Kier alpha value is -2.36. The molecule has 0 aliphatic carbocycles. The summed E-state index contributed by atoms with van der Waals surface area (Å²) in [5, 5.41) is 11.5. The monoisotopic (exact) mass is 464 g/mol. The van der Waals surface area contributed by atoms with Crippen molar-refractivity contribution in [1.29, 1.82) is 0 Å². The van der Waals surface area contributed by atoms with Gasteiger partial charge in [0.1, 0.15) is 0 Å². The van der Waals surface area contributed by atoms with Gasteiger partial charge in [-0.15, -0.1) is 0 Å². The fourth-order valence-electron chi connectivity index (χ4n) is 1.95. The molecular formula is C18H17BrN4O2S2. The second-order valence-corrected chi connectivity index (χ2v) is 7.08. The van der Waals surface area contributed by atoms with Crippen LogP contribution in [0.1, 0.15) is 23.7 Å². The Balaban J connectivity index is 1.87. The molecule has 0 radical (unpaired) electrons. The Kier molecular flexibility index (Phi) is 7.83. The molecule has 0 saturated heterocycles. The minimum Gasteiger partial charge on any atom is -0.332 e. The van der Waals surface area contributed by atoms with E-state index in [1.165, 1.54) is 0 Å². The van der Waals surface area contributed by atoms with Crippen LogP contribution in [0.15, 0.2) is 53.0 Å². The maximum absolute atomic E-state index is 12.1. The number of hydrogen-bond donors (Lipinski definition) is 4. The number of amides is 2. The van der Waals surface area contributed by atoms with Gasteiger partial charge in [0.05, 0.1) is 0 Å². The van der Waals surface area contributed by atoms with Crippen LogP contribution in [0, 0.1) is 0 Å². The van der Waals surface area contributed by atoms with Crippen LogP contribution in [-0.4, -0.2) is 22.0 Å². The highest BCUT2D eigenvalue weighted by atomic mass is 79.9. The van der Waals surface area contributed by atoms with Crippen molar-refractivity contribution in [2.24, 2.45) is 0 Å². The van der Waals surface area contributed by atoms with Crippen LogP contribution in [0.5, 0.6) is 0 Å². The highest BCUT2D eigenvalue weighted by molar-refractivity contribution is 9.10. The normalized spacial score (nSPS) is 9.85. The van der Waals surface area contributed by atoms with Crippen LogP contribution >= 0.6 is 40.4 Å². The maximum Gasteiger partial charge on any atom is 0.257 e. The molecule has 2 rings (SSSR count). The molecular weight excluding hydrogens is 448 g/mol. The molecule has 0 heterocycles. The highest BCUT2D eigenvalue weighted by Crippen LogP contribution is 2.14. The van der Waals surface area contributed by atoms with Crippen LogP contribution in [0.25, 0.3) is 0 Å². The van der Waals surface area contributed by atoms with Gasteiger partial charge in [-0.3, -0.25) is 14.9 Å². The quantitative estimate of drug-likeness (QED) is 0.515. The molecule has 9 heteroatoms. The SMILES string of the molecule is CCC(=O)NC(=S)Nc1ccc(NC(=S)NC(=O)c2ccc(Br)cc2)cc1. The largest absolute Gasteiger partial charge is 0.332 e. The number of thiocarbonyl (C=S) groups is 2. The molecule has 27 heavy (non-hydrogen) atoms. The van der Waals surface area contributed by atoms with Crippen molar-refractivity contribution < 1.29 is 9.59 Å². The summed E-state index contributed by atoms with van der Waals surface area (Å²) in [6, 6.07) is 14.0. The number of hydrogen-bond acceptors (Lipinski definition) is 4. The van der Waals surface area contributed by atoms with Crippen LogP contribution in [-0.2, 0) is 4.79 Å². The lowest BCUT2D eigenvalue weighted by molar-refractivity contribution is -0.119. The van der Waals surface area contributed by atoms with Crippen molar-refractivity contribution >= 4 is 73.8 Å². The first-order valence-electron chi connectivity index (χ1n) is 7.96. The summed E-state index contributed by atoms with van der Waals surface area (Å²) in [6.45, 7) is 1.75. The number of benzene rings is 2. The number of nitrogens with one attached hydrogen (secondary N) is 4. The molecule has 2 amide bonds. The summed E-state index contributed by atoms with van der Waals surface area (Å²) >= 11 is 13.5. The topological polar surface area (TPSA) is 82.3 Å². The van der Waals surface area contributed by atoms with Crippen molar-refractivity contribution in [3.63, 3.8) is 0 Å². The van der Waals surface area contributed by atoms with E-state index in [9.17, 15) is 9.59 Å². The third kappa shape index (κ3) is 7.05. The van der Waals surface area contributed by atoms with Crippen LogP contribution in [0.2, 0.25) is 0 Å². The van der Waals surface area contributed by atoms with Crippen molar-refractivity contribution in [2.75, 3.05) is 10.6 Å². The zero-order chi connectivity index (χ0) is 19.8. The van der Waals surface area contributed by atoms with Crippen molar-refractivity contribution in [2.45, 2.75) is 13.3 Å². The number of carbonyl (C=O) groups is 2. The Morgan fingerprint density at radius 1 is 0.852 bits per heavy atom. The summed E-state index contributed by atoms with van der Waals surface area (Å²) in [7, 11) is 0. The van der Waals surface area contributed by atoms with Gasteiger partial charge in [0, 0.05) is 27.8 Å². The van der Waals surface area contributed by atoms with Gasteiger partial charge in [0.2, 0.25) is 5.91 Å². The minimum atomic E-state index is -0.296. The third-order valence-corrected chi connectivity index (χ3v) is 4.25. The van der Waals surface area contributed by atoms with E-state index in [4.69, 9.17) is 24.4 Å². The van der Waals surface area contributed by atoms with Crippen LogP contribution in [0.3, 0.4) is 0 Å². The molecule has 0 aliphatic heterocycles. The summed E-state index contributed by atoms with van der Waals surface area (Å²) < 4.78 is 0.891. The van der Waals surface area contributed by atoms with Crippen LogP contribution < -0.4 is 21.3 Å². The lowest BCUT2D eigenvalue weighted by Crippen LogP contribution is -2.34. The van der Waals surface area contributed by atoms with E-state index < -0.39 is 0 Å². The van der Waals surface area contributed by atoms with Gasteiger partial charge in [-0.2, -0.15) is 0 Å². The Morgan fingerprint density at radius 2 is 1.33 bits per heavy atom. The lowest BCUT2D eigenvalue weighted by atomic mass is 10.2. The fourth-order valence-corrected chi connectivity index (χ4v) is 2.66. The predicted octanol–water partition coefficient (Wildman–Crippen LogP) is 3.80. The van der Waals surface area contributed by atoms with E-state index >= 15 is 0 Å². The van der Waals surface area contributed by atoms with Crippen LogP contribution in [0.4, 0.5) is 11.4 Å². The molecule has 6 nitrogen and oxygen atoms in total. The lowest BCUT2D eigenvalue weighted by Gasteiger charge is -2.12. The molecule has 4 N–H and O–H groups in total. The first-order chi connectivity index (χ1) is 12.9. The van der Waals surface area contributed by atoms with Gasteiger partial charge in [-0.1, -0.05) is 22.9 Å². The van der Waals surface area contributed by atoms with Gasteiger partial charge in [-0.25, -0.2) is 0 Å². The molecule has 0 unspecified atom stereocenters. The molecule has 0 fully saturated rings. The van der Waals surface area contributed by atoms with E-state index in [0.717, 1.165) is 4.47 Å². The predicted molar refractivity (Wildman–Crippen MR) is 119 cm³/mol. The Bertz CT molecular complexity index is 855. The van der Waals surface area contributed by atoms with Gasteiger partial charge in [0.25, 0.3) is 5.91 Å². The fraction of sp³-hybridized carbons (Fsp3) is 0.111. The molecule has 0 aliphatic rings. The second-order valence-electron chi connectivity index (χ2n) is 5.35. The zero-order valence-electron chi connectivity index (χ0n) is 14.3. The second kappa shape index (κ2) is 10.1. The Labute approximate surface area is 176 Å². The first-order valence-corrected chi connectivity index (χ1v) is 9.57. The first kappa shape index (κ1) is 20.9. The summed E-state index contributed by atoms with van der Waals surface area (Å²) in [5.74, 6) is -0.451. The Morgan fingerprint density at radius 3 is 1.81 bits per heavy atom. The van der Waals surface area contributed by atoms with E-state index in [2.05, 4.69) is 37.2 Å². The molecule has 0 spiro atoms. The summed E-state index contributed by atoms with van der Waals surface area (Å²) in [4.78, 5) is 23.4. The van der Waals surface area contributed by atoms with Crippen molar-refractivity contribution in [3.8, 4) is 0 Å². The van der Waals surface area contributed by atoms with Gasteiger partial charge < -0.3 is 16.0 Å². The molecule has 0 saturated carbocycles. The van der Waals surface area contributed by atoms with E-state index in [1.54, 1.807) is 55.5 Å². The van der Waals surface area contributed by atoms with Gasteiger partial charge in [-0.05, 0) is 73.0 Å². The van der Waals surface area contributed by atoms with Crippen molar-refractivity contribution in [3.05, 3.63) is 58.6 Å². The molecule has 0 atom stereocenters. The third-order valence-electron chi connectivity index (χ3n) is 3.31. The number of rotatable bonds is 4. The van der Waals surface area contributed by atoms with E-state index in [1.807, 2.05) is 0 Å². The van der Waals surface area contributed by atoms with Crippen molar-refractivity contribution in [1.82, 2.24) is 10.6 Å². The molecule has 2 aromatic carbocycles.